The van der Waals surface area contributed by atoms with Crippen LogP contribution in [-0.4, -0.2) is 39.5 Å². The summed E-state index contributed by atoms with van der Waals surface area (Å²) in [7, 11) is 0. The van der Waals surface area contributed by atoms with Crippen molar-refractivity contribution in [2.24, 2.45) is 10.8 Å². The highest BCUT2D eigenvalue weighted by Crippen LogP contribution is 2.59. The van der Waals surface area contributed by atoms with Crippen LogP contribution in [0.3, 0.4) is 0 Å². The van der Waals surface area contributed by atoms with Gasteiger partial charge in [-0.25, -0.2) is 4.98 Å². The molecule has 7 nitrogen and oxygen atoms in total. The van der Waals surface area contributed by atoms with E-state index in [-0.39, 0.29) is 34.6 Å². The molecule has 0 N–H and O–H groups in total. The van der Waals surface area contributed by atoms with E-state index in [2.05, 4.69) is 37.7 Å². The van der Waals surface area contributed by atoms with Gasteiger partial charge in [-0.1, -0.05) is 27.7 Å². The molecule has 2 aromatic heterocycles. The summed E-state index contributed by atoms with van der Waals surface area (Å²) in [4.78, 5) is 23.5. The number of carbonyl (C=O) groups excluding carboxylic acids is 1. The summed E-state index contributed by atoms with van der Waals surface area (Å²) in [5, 5.41) is 9.22. The van der Waals surface area contributed by atoms with Gasteiger partial charge in [-0.2, -0.15) is 5.26 Å². The van der Waals surface area contributed by atoms with E-state index >= 15 is 0 Å². The Morgan fingerprint density at radius 3 is 2.63 bits per heavy atom. The second-order valence-electron chi connectivity index (χ2n) is 9.04. The predicted molar refractivity (Wildman–Crippen MR) is 110 cm³/mol. The fraction of sp³-hybridized carbons (Fsp3) is 0.478. The second kappa shape index (κ2) is 6.98. The summed E-state index contributed by atoms with van der Waals surface area (Å²) in [6.07, 6.45) is 3.14. The number of nitriles is 1. The lowest BCUT2D eigenvalue weighted by Gasteiger charge is -2.65. The predicted octanol–water partition coefficient (Wildman–Crippen LogP) is 3.58. The first-order chi connectivity index (χ1) is 14.2. The van der Waals surface area contributed by atoms with Gasteiger partial charge in [0.15, 0.2) is 11.4 Å². The first-order valence-electron chi connectivity index (χ1n) is 10.2. The molecule has 0 aromatic carbocycles. The Morgan fingerprint density at radius 1 is 1.27 bits per heavy atom. The Labute approximate surface area is 176 Å². The molecule has 4 rings (SSSR count). The first kappa shape index (κ1) is 20.1. The smallest absolute Gasteiger partial charge is 0.256 e. The minimum absolute atomic E-state index is 0.00518. The van der Waals surface area contributed by atoms with Crippen LogP contribution in [0.15, 0.2) is 30.6 Å². The zero-order chi connectivity index (χ0) is 21.7. The number of amides is 1. The van der Waals surface area contributed by atoms with E-state index in [9.17, 15) is 10.1 Å². The molecule has 0 saturated heterocycles. The van der Waals surface area contributed by atoms with E-state index < -0.39 is 0 Å². The van der Waals surface area contributed by atoms with Crippen LogP contribution >= 0.6 is 0 Å². The number of fused-ring (bicyclic) bond motifs is 1. The van der Waals surface area contributed by atoms with Crippen molar-refractivity contribution in [3.63, 3.8) is 0 Å². The van der Waals surface area contributed by atoms with Crippen LogP contribution in [0.25, 0.3) is 0 Å². The lowest BCUT2D eigenvalue weighted by Crippen LogP contribution is -2.74. The number of aromatic nitrogens is 2. The van der Waals surface area contributed by atoms with Gasteiger partial charge < -0.3 is 14.4 Å². The fourth-order valence-corrected chi connectivity index (χ4v) is 5.55. The lowest BCUT2D eigenvalue weighted by atomic mass is 9.49. The monoisotopic (exact) mass is 406 g/mol. The minimum Gasteiger partial charge on any atom is -0.491 e. The lowest BCUT2D eigenvalue weighted by molar-refractivity contribution is -0.199. The average Bonchev–Trinajstić information content (AvgIpc) is 3.02. The third-order valence-electron chi connectivity index (χ3n) is 6.26. The summed E-state index contributed by atoms with van der Waals surface area (Å²) in [5.74, 6) is 1.00. The molecule has 0 atom stereocenters. The minimum atomic E-state index is -0.291. The topological polar surface area (TPSA) is 88.3 Å². The Balaban J connectivity index is 1.59. The van der Waals surface area contributed by atoms with Gasteiger partial charge in [0.2, 0.25) is 0 Å². The maximum atomic E-state index is 13.0. The van der Waals surface area contributed by atoms with Crippen LogP contribution in [-0.2, 0) is 6.54 Å². The highest BCUT2D eigenvalue weighted by atomic mass is 16.5. The van der Waals surface area contributed by atoms with Crippen molar-refractivity contribution in [3.05, 3.63) is 47.5 Å². The Morgan fingerprint density at radius 2 is 2.00 bits per heavy atom. The Bertz CT molecular complexity index is 1020. The number of hydrogen-bond donors (Lipinski definition) is 0. The average molecular weight is 406 g/mol. The standard InChI is InChI=1S/C23H26N4O3/c1-6-29-18-10-14(12-26-16(18)11-24)30-21-22(2,3)20(23(21,4)5)27-13-17-15(19(27)28)8-7-9-25-17/h7-10,12,20-21H,6,13H2,1-5H3/t20-,21-. The van der Waals surface area contributed by atoms with Crippen molar-refractivity contribution in [1.82, 2.24) is 14.9 Å². The van der Waals surface area contributed by atoms with Crippen LogP contribution in [0.2, 0.25) is 0 Å². The molecule has 1 fully saturated rings. The molecule has 1 saturated carbocycles. The van der Waals surface area contributed by atoms with E-state index in [4.69, 9.17) is 9.47 Å². The zero-order valence-electron chi connectivity index (χ0n) is 18.0. The van der Waals surface area contributed by atoms with Crippen molar-refractivity contribution in [3.8, 4) is 17.6 Å². The normalized spacial score (nSPS) is 23.3. The first-order valence-corrected chi connectivity index (χ1v) is 10.2. The largest absolute Gasteiger partial charge is 0.491 e. The van der Waals surface area contributed by atoms with Crippen LogP contribution in [0.4, 0.5) is 0 Å². The van der Waals surface area contributed by atoms with E-state index in [1.807, 2.05) is 24.0 Å². The third kappa shape index (κ3) is 2.90. The maximum absolute atomic E-state index is 13.0. The molecule has 30 heavy (non-hydrogen) atoms. The molecule has 1 aliphatic heterocycles. The molecule has 1 amide bonds. The van der Waals surface area contributed by atoms with Gasteiger partial charge in [0.25, 0.3) is 5.91 Å². The van der Waals surface area contributed by atoms with Crippen molar-refractivity contribution in [1.29, 1.82) is 5.26 Å². The summed E-state index contributed by atoms with van der Waals surface area (Å²) >= 11 is 0. The molecule has 156 valence electrons. The van der Waals surface area contributed by atoms with Gasteiger partial charge in [0.1, 0.15) is 17.9 Å². The maximum Gasteiger partial charge on any atom is 0.256 e. The molecular formula is C23H26N4O3. The molecule has 7 heteroatoms. The number of nitrogens with zero attached hydrogens (tertiary/aromatic N) is 4. The van der Waals surface area contributed by atoms with Gasteiger partial charge in [-0.3, -0.25) is 9.78 Å². The van der Waals surface area contributed by atoms with Crippen molar-refractivity contribution < 1.29 is 14.3 Å². The molecule has 3 heterocycles. The summed E-state index contributed by atoms with van der Waals surface area (Å²) in [6, 6.07) is 7.39. The van der Waals surface area contributed by atoms with Crippen LogP contribution in [0.5, 0.6) is 11.5 Å². The zero-order valence-corrected chi connectivity index (χ0v) is 18.0. The molecule has 0 bridgehead atoms. The molecule has 0 spiro atoms. The van der Waals surface area contributed by atoms with E-state index in [1.165, 1.54) is 0 Å². The number of rotatable bonds is 5. The van der Waals surface area contributed by atoms with Crippen molar-refractivity contribution in [2.75, 3.05) is 6.61 Å². The molecule has 2 aliphatic rings. The van der Waals surface area contributed by atoms with Crippen LogP contribution in [0, 0.1) is 22.2 Å². The quantitative estimate of drug-likeness (QED) is 0.754. The molecule has 1 aliphatic carbocycles. The van der Waals surface area contributed by atoms with E-state index in [1.54, 1.807) is 24.5 Å². The summed E-state index contributed by atoms with van der Waals surface area (Å²) < 4.78 is 11.9. The second-order valence-corrected chi connectivity index (χ2v) is 9.04. The van der Waals surface area contributed by atoms with Crippen LogP contribution < -0.4 is 9.47 Å². The number of hydrogen-bond acceptors (Lipinski definition) is 6. The van der Waals surface area contributed by atoms with E-state index in [0.29, 0.717) is 30.2 Å². The highest BCUT2D eigenvalue weighted by molar-refractivity contribution is 5.98. The van der Waals surface area contributed by atoms with Crippen molar-refractivity contribution >= 4 is 5.91 Å². The Kier molecular flexibility index (Phi) is 4.69. The fourth-order valence-electron chi connectivity index (χ4n) is 5.55. The molecule has 0 unspecified atom stereocenters. The van der Waals surface area contributed by atoms with Gasteiger partial charge in [0.05, 0.1) is 30.6 Å². The Hall–Kier alpha value is -3.14. The van der Waals surface area contributed by atoms with Crippen molar-refractivity contribution in [2.45, 2.75) is 53.3 Å². The van der Waals surface area contributed by atoms with Gasteiger partial charge in [-0.15, -0.1) is 0 Å². The van der Waals surface area contributed by atoms with Gasteiger partial charge in [-0.05, 0) is 19.1 Å². The SMILES string of the molecule is CCOc1cc(O[C@H]2C(C)(C)[C@H](N3Cc4ncccc4C3=O)C2(C)C)cnc1C#N. The summed E-state index contributed by atoms with van der Waals surface area (Å²) in [6.45, 7) is 11.3. The van der Waals surface area contributed by atoms with Gasteiger partial charge >= 0.3 is 0 Å². The number of carbonyl (C=O) groups is 1. The van der Waals surface area contributed by atoms with Gasteiger partial charge in [0, 0.05) is 29.1 Å². The molecule has 0 radical (unpaired) electrons. The van der Waals surface area contributed by atoms with Crippen LogP contribution in [0.1, 0.15) is 56.4 Å². The van der Waals surface area contributed by atoms with E-state index in [0.717, 1.165) is 5.69 Å². The summed E-state index contributed by atoms with van der Waals surface area (Å²) in [5.41, 5.74) is 1.17. The number of ether oxygens (including phenoxy) is 2. The molecule has 2 aromatic rings. The highest BCUT2D eigenvalue weighted by Gasteiger charge is 2.67. The third-order valence-corrected chi connectivity index (χ3v) is 6.26. The number of pyridine rings is 2. The molecular weight excluding hydrogens is 380 g/mol.